The Morgan fingerprint density at radius 2 is 0.900 bits per heavy atom. The first-order valence-electron chi connectivity index (χ1n) is 9.51. The number of hydrogen-bond donors (Lipinski definition) is 0. The van der Waals surface area contributed by atoms with Crippen molar-refractivity contribution in [3.05, 3.63) is 107 Å². The van der Waals surface area contributed by atoms with E-state index in [0.29, 0.717) is 11.5 Å². The number of carbonyl (C=O) groups excluding carboxylic acids is 2. The highest BCUT2D eigenvalue weighted by molar-refractivity contribution is 5.89. The van der Waals surface area contributed by atoms with Crippen LogP contribution in [0.1, 0.15) is 22.3 Å². The maximum atomic E-state index is 12.0. The van der Waals surface area contributed by atoms with Crippen molar-refractivity contribution in [1.82, 2.24) is 0 Å². The first-order chi connectivity index (χ1) is 14.5. The molecule has 0 heterocycles. The van der Waals surface area contributed by atoms with Gasteiger partial charge in [0.1, 0.15) is 11.5 Å². The van der Waals surface area contributed by atoms with Gasteiger partial charge in [-0.2, -0.15) is 0 Å². The molecule has 0 saturated heterocycles. The maximum absolute atomic E-state index is 12.0. The van der Waals surface area contributed by atoms with Crippen LogP contribution in [0.3, 0.4) is 0 Å². The summed E-state index contributed by atoms with van der Waals surface area (Å²) in [4.78, 5) is 23.9. The van der Waals surface area contributed by atoms with E-state index < -0.39 is 11.9 Å². The van der Waals surface area contributed by atoms with Crippen molar-refractivity contribution < 1.29 is 19.1 Å². The van der Waals surface area contributed by atoms with E-state index in [9.17, 15) is 9.59 Å². The zero-order chi connectivity index (χ0) is 21.3. The molecule has 0 spiro atoms. The summed E-state index contributed by atoms with van der Waals surface area (Å²) in [5, 5.41) is 0. The highest BCUT2D eigenvalue weighted by Crippen LogP contribution is 2.18. The van der Waals surface area contributed by atoms with Gasteiger partial charge in [0, 0.05) is 12.2 Å². The molecule has 0 aromatic heterocycles. The lowest BCUT2D eigenvalue weighted by Crippen LogP contribution is -2.05. The molecule has 0 aliphatic heterocycles. The minimum Gasteiger partial charge on any atom is -0.423 e. The lowest BCUT2D eigenvalue weighted by atomic mass is 10.1. The Bertz CT molecular complexity index is 969. The van der Waals surface area contributed by atoms with Gasteiger partial charge >= 0.3 is 11.9 Å². The van der Waals surface area contributed by atoms with Crippen molar-refractivity contribution in [2.45, 2.75) is 13.8 Å². The summed E-state index contributed by atoms with van der Waals surface area (Å²) in [6.07, 6.45) is 6.12. The number of rotatable bonds is 6. The van der Waals surface area contributed by atoms with Gasteiger partial charge in [0.05, 0.1) is 0 Å². The second-order valence-corrected chi connectivity index (χ2v) is 6.80. The summed E-state index contributed by atoms with van der Waals surface area (Å²) < 4.78 is 10.5. The van der Waals surface area contributed by atoms with Crippen molar-refractivity contribution in [2.24, 2.45) is 0 Å². The molecular weight excluding hydrogens is 376 g/mol. The molecule has 4 heteroatoms. The lowest BCUT2D eigenvalue weighted by Gasteiger charge is -2.04. The van der Waals surface area contributed by atoms with Gasteiger partial charge in [-0.3, -0.25) is 0 Å². The van der Waals surface area contributed by atoms with Gasteiger partial charge in [-0.1, -0.05) is 59.7 Å². The van der Waals surface area contributed by atoms with Gasteiger partial charge in [-0.05, 0) is 61.4 Å². The average molecular weight is 398 g/mol. The largest absolute Gasteiger partial charge is 0.423 e. The van der Waals surface area contributed by atoms with Crippen molar-refractivity contribution in [3.8, 4) is 11.5 Å². The number of aryl methyl sites for hydroxylation is 2. The standard InChI is InChI=1S/C26H22O4/c1-19-3-7-21(8-4-19)11-17-25(27)29-23-13-15-24(16-14-23)30-26(28)18-12-22-9-5-20(2)6-10-22/h3-18H,1-2H3. The van der Waals surface area contributed by atoms with Gasteiger partial charge in [0.15, 0.2) is 0 Å². The second kappa shape index (κ2) is 10.0. The first kappa shape index (κ1) is 20.8. The van der Waals surface area contributed by atoms with Crippen LogP contribution in [0.5, 0.6) is 11.5 Å². The third kappa shape index (κ3) is 6.60. The fourth-order valence-corrected chi connectivity index (χ4v) is 2.56. The molecule has 150 valence electrons. The van der Waals surface area contributed by atoms with E-state index in [1.807, 2.05) is 62.4 Å². The molecule has 3 aromatic carbocycles. The highest BCUT2D eigenvalue weighted by Gasteiger charge is 2.04. The van der Waals surface area contributed by atoms with Crippen LogP contribution >= 0.6 is 0 Å². The summed E-state index contributed by atoms with van der Waals surface area (Å²) in [7, 11) is 0. The number of carbonyl (C=O) groups is 2. The van der Waals surface area contributed by atoms with E-state index in [4.69, 9.17) is 9.47 Å². The van der Waals surface area contributed by atoms with E-state index in [1.54, 1.807) is 36.4 Å². The molecule has 3 rings (SSSR count). The zero-order valence-electron chi connectivity index (χ0n) is 16.9. The molecule has 0 fully saturated rings. The minimum absolute atomic E-state index is 0.364. The number of benzene rings is 3. The van der Waals surface area contributed by atoms with Crippen LogP contribution in [0, 0.1) is 13.8 Å². The van der Waals surface area contributed by atoms with Gasteiger partial charge in [-0.25, -0.2) is 9.59 Å². The van der Waals surface area contributed by atoms with Gasteiger partial charge in [0.25, 0.3) is 0 Å². The van der Waals surface area contributed by atoms with E-state index in [1.165, 1.54) is 12.2 Å². The normalized spacial score (nSPS) is 11.0. The Labute approximate surface area is 176 Å². The van der Waals surface area contributed by atoms with Crippen LogP contribution in [-0.2, 0) is 9.59 Å². The minimum atomic E-state index is -0.485. The molecular formula is C26H22O4. The van der Waals surface area contributed by atoms with Crippen LogP contribution in [0.2, 0.25) is 0 Å². The second-order valence-electron chi connectivity index (χ2n) is 6.80. The van der Waals surface area contributed by atoms with Gasteiger partial charge in [0.2, 0.25) is 0 Å². The molecule has 0 aliphatic carbocycles. The molecule has 0 radical (unpaired) electrons. The fraction of sp³-hybridized carbons (Fsp3) is 0.0769. The zero-order valence-corrected chi connectivity index (χ0v) is 16.9. The maximum Gasteiger partial charge on any atom is 0.336 e. The predicted octanol–water partition coefficient (Wildman–Crippen LogP) is 5.54. The van der Waals surface area contributed by atoms with Crippen LogP contribution in [0.15, 0.2) is 84.9 Å². The summed E-state index contributed by atoms with van der Waals surface area (Å²) in [5.41, 5.74) is 4.14. The number of esters is 2. The van der Waals surface area contributed by atoms with Crippen LogP contribution in [0.4, 0.5) is 0 Å². The topological polar surface area (TPSA) is 52.6 Å². The Morgan fingerprint density at radius 1 is 0.567 bits per heavy atom. The Morgan fingerprint density at radius 3 is 1.23 bits per heavy atom. The molecule has 30 heavy (non-hydrogen) atoms. The molecule has 0 amide bonds. The molecule has 0 saturated carbocycles. The third-order valence-electron chi connectivity index (χ3n) is 4.24. The Kier molecular flexibility index (Phi) is 6.95. The number of ether oxygens (including phenoxy) is 2. The van der Waals surface area contributed by atoms with Crippen LogP contribution in [-0.4, -0.2) is 11.9 Å². The van der Waals surface area contributed by atoms with Gasteiger partial charge < -0.3 is 9.47 Å². The average Bonchev–Trinajstić information content (AvgIpc) is 2.74. The molecule has 3 aromatic rings. The SMILES string of the molecule is Cc1ccc(C=CC(=O)Oc2ccc(OC(=O)C=Cc3ccc(C)cc3)cc2)cc1. The number of hydrogen-bond acceptors (Lipinski definition) is 4. The van der Waals surface area contributed by atoms with Crippen molar-refractivity contribution in [1.29, 1.82) is 0 Å². The third-order valence-corrected chi connectivity index (χ3v) is 4.24. The highest BCUT2D eigenvalue weighted by atomic mass is 16.5. The molecule has 0 bridgehead atoms. The smallest absolute Gasteiger partial charge is 0.336 e. The van der Waals surface area contributed by atoms with E-state index in [-0.39, 0.29) is 0 Å². The van der Waals surface area contributed by atoms with E-state index >= 15 is 0 Å². The summed E-state index contributed by atoms with van der Waals surface area (Å²) in [6, 6.07) is 21.9. The summed E-state index contributed by atoms with van der Waals surface area (Å²) in [5.74, 6) is -0.241. The van der Waals surface area contributed by atoms with E-state index in [2.05, 4.69) is 0 Å². The first-order valence-corrected chi connectivity index (χ1v) is 9.51. The molecule has 0 unspecified atom stereocenters. The lowest BCUT2D eigenvalue weighted by molar-refractivity contribution is -0.130. The van der Waals surface area contributed by atoms with Crippen molar-refractivity contribution in [3.63, 3.8) is 0 Å². The molecule has 0 N–H and O–H groups in total. The van der Waals surface area contributed by atoms with Crippen LogP contribution < -0.4 is 9.47 Å². The Balaban J connectivity index is 1.51. The van der Waals surface area contributed by atoms with Crippen molar-refractivity contribution >= 4 is 24.1 Å². The molecule has 0 aliphatic rings. The predicted molar refractivity (Wildman–Crippen MR) is 118 cm³/mol. The van der Waals surface area contributed by atoms with Crippen LogP contribution in [0.25, 0.3) is 12.2 Å². The molecule has 4 nitrogen and oxygen atoms in total. The van der Waals surface area contributed by atoms with Crippen molar-refractivity contribution in [2.75, 3.05) is 0 Å². The summed E-state index contributed by atoms with van der Waals surface area (Å²) in [6.45, 7) is 4.01. The summed E-state index contributed by atoms with van der Waals surface area (Å²) >= 11 is 0. The van der Waals surface area contributed by atoms with E-state index in [0.717, 1.165) is 22.3 Å². The quantitative estimate of drug-likeness (QED) is 0.311. The monoisotopic (exact) mass is 398 g/mol. The Hall–Kier alpha value is -3.92. The van der Waals surface area contributed by atoms with Gasteiger partial charge in [-0.15, -0.1) is 0 Å². The molecule has 0 atom stereocenters. The fourth-order valence-electron chi connectivity index (χ4n) is 2.56.